The van der Waals surface area contributed by atoms with E-state index in [1.54, 1.807) is 19.1 Å². The van der Waals surface area contributed by atoms with Crippen LogP contribution in [0.1, 0.15) is 12.5 Å². The van der Waals surface area contributed by atoms with Gasteiger partial charge in [-0.25, -0.2) is 0 Å². The maximum Gasteiger partial charge on any atom is 0.0836 e. The number of hydrogen-bond acceptors (Lipinski definition) is 2. The molecule has 1 aromatic carbocycles. The van der Waals surface area contributed by atoms with Crippen LogP contribution in [0.4, 0.5) is 0 Å². The lowest BCUT2D eigenvalue weighted by molar-refractivity contribution is 0.319. The van der Waals surface area contributed by atoms with Crippen LogP contribution in [0.2, 0.25) is 0 Å². The highest BCUT2D eigenvalue weighted by atomic mass is 16.4. The van der Waals surface area contributed by atoms with Crippen LogP contribution in [0.3, 0.4) is 0 Å². The van der Waals surface area contributed by atoms with Gasteiger partial charge in [0.05, 0.1) is 5.71 Å². The minimum atomic E-state index is 0.619. The van der Waals surface area contributed by atoms with Crippen molar-refractivity contribution in [2.75, 3.05) is 0 Å². The molecule has 0 heterocycles. The van der Waals surface area contributed by atoms with Gasteiger partial charge in [-0.2, -0.15) is 0 Å². The smallest absolute Gasteiger partial charge is 0.0836 e. The molecule has 1 rings (SSSR count). The Labute approximate surface area is 59.8 Å². The molecule has 0 saturated heterocycles. The second-order valence-corrected chi connectivity index (χ2v) is 1.97. The van der Waals surface area contributed by atoms with E-state index in [1.807, 2.05) is 12.1 Å². The van der Waals surface area contributed by atoms with Crippen molar-refractivity contribution in [2.24, 2.45) is 5.16 Å². The lowest BCUT2D eigenvalue weighted by Gasteiger charge is -1.94. The Kier molecular flexibility index (Phi) is 2.05. The predicted molar refractivity (Wildman–Crippen MR) is 39.3 cm³/mol. The van der Waals surface area contributed by atoms with Gasteiger partial charge in [0, 0.05) is 0 Å². The van der Waals surface area contributed by atoms with Gasteiger partial charge in [0.25, 0.3) is 0 Å². The first kappa shape index (κ1) is 6.81. The van der Waals surface area contributed by atoms with Crippen LogP contribution in [0.25, 0.3) is 0 Å². The Balaban J connectivity index is 2.96. The molecule has 1 radical (unpaired) electrons. The van der Waals surface area contributed by atoms with Crippen LogP contribution in [0.5, 0.6) is 0 Å². The fraction of sp³-hybridized carbons (Fsp3) is 0.125. The van der Waals surface area contributed by atoms with Crippen molar-refractivity contribution in [3.8, 4) is 0 Å². The second-order valence-electron chi connectivity index (χ2n) is 1.97. The summed E-state index contributed by atoms with van der Waals surface area (Å²) >= 11 is 0. The van der Waals surface area contributed by atoms with Gasteiger partial charge in [-0.15, -0.1) is 0 Å². The third-order valence-electron chi connectivity index (χ3n) is 1.29. The van der Waals surface area contributed by atoms with Crippen LogP contribution in [-0.2, 0) is 0 Å². The average Bonchev–Trinajstić information content (AvgIpc) is 2.05. The summed E-state index contributed by atoms with van der Waals surface area (Å²) in [5.41, 5.74) is 1.54. The van der Waals surface area contributed by atoms with E-state index in [-0.39, 0.29) is 0 Å². The zero-order valence-electron chi connectivity index (χ0n) is 5.70. The number of benzene rings is 1. The summed E-state index contributed by atoms with van der Waals surface area (Å²) in [4.78, 5) is 0. The Morgan fingerprint density at radius 3 is 2.60 bits per heavy atom. The molecule has 2 heteroatoms. The Bertz CT molecular complexity index is 228. The average molecular weight is 134 g/mol. The molecule has 0 bridgehead atoms. The molecule has 1 aromatic rings. The minimum Gasteiger partial charge on any atom is -0.411 e. The highest BCUT2D eigenvalue weighted by Gasteiger charge is 1.92. The van der Waals surface area contributed by atoms with Gasteiger partial charge in [0.1, 0.15) is 0 Å². The second kappa shape index (κ2) is 3.01. The van der Waals surface area contributed by atoms with Gasteiger partial charge >= 0.3 is 0 Å². The first-order valence-corrected chi connectivity index (χ1v) is 2.99. The molecule has 0 atom stereocenters. The molecule has 0 fully saturated rings. The third-order valence-corrected chi connectivity index (χ3v) is 1.29. The Hall–Kier alpha value is -1.31. The molecule has 0 amide bonds. The molecule has 10 heavy (non-hydrogen) atoms. The van der Waals surface area contributed by atoms with E-state index < -0.39 is 0 Å². The third kappa shape index (κ3) is 1.35. The topological polar surface area (TPSA) is 32.6 Å². The zero-order chi connectivity index (χ0) is 7.40. The molecule has 0 unspecified atom stereocenters. The molecule has 0 spiro atoms. The van der Waals surface area contributed by atoms with Gasteiger partial charge in [-0.3, -0.25) is 0 Å². The van der Waals surface area contributed by atoms with Crippen molar-refractivity contribution in [1.29, 1.82) is 0 Å². The zero-order valence-corrected chi connectivity index (χ0v) is 5.70. The standard InChI is InChI=1S/C8H8NO/c1-7(9-10)8-5-3-2-4-6-8/h3-6,10H,1H3/b9-7-. The van der Waals surface area contributed by atoms with Gasteiger partial charge in [0.2, 0.25) is 0 Å². The van der Waals surface area contributed by atoms with Crippen LogP contribution in [0, 0.1) is 6.07 Å². The predicted octanol–water partition coefficient (Wildman–Crippen LogP) is 1.68. The van der Waals surface area contributed by atoms with Crippen molar-refractivity contribution in [3.05, 3.63) is 35.9 Å². The first-order valence-electron chi connectivity index (χ1n) is 2.99. The normalized spacial score (nSPS) is 11.5. The fourth-order valence-electron chi connectivity index (χ4n) is 0.686. The van der Waals surface area contributed by atoms with Crippen molar-refractivity contribution in [3.63, 3.8) is 0 Å². The number of hydrogen-bond donors (Lipinski definition) is 1. The van der Waals surface area contributed by atoms with E-state index in [0.29, 0.717) is 5.71 Å². The van der Waals surface area contributed by atoms with Crippen LogP contribution >= 0.6 is 0 Å². The highest BCUT2D eigenvalue weighted by molar-refractivity contribution is 5.98. The molecule has 2 nitrogen and oxygen atoms in total. The van der Waals surface area contributed by atoms with Crippen molar-refractivity contribution < 1.29 is 5.21 Å². The minimum absolute atomic E-state index is 0.619. The highest BCUT2D eigenvalue weighted by Crippen LogP contribution is 1.98. The van der Waals surface area contributed by atoms with Gasteiger partial charge in [0.15, 0.2) is 0 Å². The molecule has 1 N–H and O–H groups in total. The molecule has 0 aliphatic heterocycles. The fourth-order valence-corrected chi connectivity index (χ4v) is 0.686. The van der Waals surface area contributed by atoms with Crippen molar-refractivity contribution in [2.45, 2.75) is 6.92 Å². The molecule has 0 saturated carbocycles. The summed E-state index contributed by atoms with van der Waals surface area (Å²) in [5, 5.41) is 11.4. The first-order chi connectivity index (χ1) is 4.84. The van der Waals surface area contributed by atoms with Gasteiger partial charge < -0.3 is 5.21 Å². The maximum atomic E-state index is 8.37. The van der Waals surface area contributed by atoms with Crippen molar-refractivity contribution >= 4 is 5.71 Å². The Morgan fingerprint density at radius 2 is 2.10 bits per heavy atom. The summed E-state index contributed by atoms with van der Waals surface area (Å²) in [6.45, 7) is 1.75. The quantitative estimate of drug-likeness (QED) is 0.354. The van der Waals surface area contributed by atoms with Crippen LogP contribution in [-0.4, -0.2) is 10.9 Å². The molecular formula is C8H8NO. The summed E-state index contributed by atoms with van der Waals surface area (Å²) in [5.74, 6) is 0. The van der Waals surface area contributed by atoms with Gasteiger partial charge in [-0.05, 0) is 18.6 Å². The van der Waals surface area contributed by atoms with E-state index in [2.05, 4.69) is 11.2 Å². The number of nitrogens with zero attached hydrogens (tertiary/aromatic N) is 1. The summed E-state index contributed by atoms with van der Waals surface area (Å²) < 4.78 is 0. The molecule has 0 aromatic heterocycles. The van der Waals surface area contributed by atoms with E-state index in [4.69, 9.17) is 5.21 Å². The summed E-state index contributed by atoms with van der Waals surface area (Å²) in [7, 11) is 0. The Morgan fingerprint density at radius 1 is 1.50 bits per heavy atom. The molecule has 51 valence electrons. The summed E-state index contributed by atoms with van der Waals surface area (Å²) in [6.07, 6.45) is 0. The largest absolute Gasteiger partial charge is 0.411 e. The van der Waals surface area contributed by atoms with E-state index in [9.17, 15) is 0 Å². The van der Waals surface area contributed by atoms with Crippen LogP contribution in [0.15, 0.2) is 29.4 Å². The molecular weight excluding hydrogens is 126 g/mol. The number of rotatable bonds is 1. The van der Waals surface area contributed by atoms with E-state index in [1.165, 1.54) is 0 Å². The lowest BCUT2D eigenvalue weighted by Crippen LogP contribution is -1.92. The molecule has 0 aliphatic carbocycles. The number of oxime groups is 1. The van der Waals surface area contributed by atoms with E-state index >= 15 is 0 Å². The molecule has 0 aliphatic rings. The van der Waals surface area contributed by atoms with Crippen molar-refractivity contribution in [1.82, 2.24) is 0 Å². The SMILES string of the molecule is C/C(=N/O)c1cc[c]cc1. The summed E-state index contributed by atoms with van der Waals surface area (Å²) in [6, 6.07) is 10.1. The maximum absolute atomic E-state index is 8.37. The van der Waals surface area contributed by atoms with Crippen LogP contribution < -0.4 is 0 Å². The van der Waals surface area contributed by atoms with E-state index in [0.717, 1.165) is 5.56 Å². The van der Waals surface area contributed by atoms with Gasteiger partial charge in [-0.1, -0.05) is 29.4 Å². The monoisotopic (exact) mass is 134 g/mol. The lowest BCUT2D eigenvalue weighted by atomic mass is 10.1.